The molecular formula is C26H17F3N4O. The molecule has 34 heavy (non-hydrogen) atoms. The van der Waals surface area contributed by atoms with Crippen LogP contribution < -0.4 is 5.32 Å². The number of carbonyl (C=O) groups excluding carboxylic acids is 1. The fourth-order valence-electron chi connectivity index (χ4n) is 3.44. The molecule has 0 saturated heterocycles. The molecule has 0 fully saturated rings. The van der Waals surface area contributed by atoms with Crippen molar-refractivity contribution in [2.45, 2.75) is 13.1 Å². The van der Waals surface area contributed by atoms with Crippen molar-refractivity contribution in [3.8, 4) is 17.2 Å². The molecule has 1 N–H and O–H groups in total. The number of hydrogen-bond acceptors (Lipinski definition) is 5. The van der Waals surface area contributed by atoms with Gasteiger partial charge in [-0.3, -0.25) is 14.8 Å². The zero-order chi connectivity index (χ0) is 24.3. The molecule has 0 aliphatic rings. The molecule has 0 atom stereocenters. The zero-order valence-corrected chi connectivity index (χ0v) is 17.9. The fraction of sp³-hybridized carbons (Fsp3) is 0.0769. The fourth-order valence-corrected chi connectivity index (χ4v) is 3.44. The molecule has 0 saturated carbocycles. The second-order valence-electron chi connectivity index (χ2n) is 7.54. The van der Waals surface area contributed by atoms with E-state index in [9.17, 15) is 23.2 Å². The van der Waals surface area contributed by atoms with Gasteiger partial charge in [0.05, 0.1) is 22.3 Å². The van der Waals surface area contributed by atoms with E-state index in [-0.39, 0.29) is 11.5 Å². The van der Waals surface area contributed by atoms with Crippen molar-refractivity contribution in [3.63, 3.8) is 0 Å². The zero-order valence-electron chi connectivity index (χ0n) is 17.9. The standard InChI is InChI=1S/C26H17F3N4O/c1-16(34)5-6-19-15-32-24-8-7-18(20-9-17(12-30)13-31-14-20)10-23(24)25(19)33-22-4-2-3-21(11-22)26(27,28)29/h2-11,13-15H,1H3,(H,32,33)/b6-5+. The number of nitrogens with zero attached hydrogens (tertiary/aromatic N) is 3. The molecule has 0 unspecified atom stereocenters. The lowest BCUT2D eigenvalue weighted by molar-refractivity contribution is -0.137. The van der Waals surface area contributed by atoms with E-state index < -0.39 is 11.7 Å². The normalized spacial score (nSPS) is 11.5. The summed E-state index contributed by atoms with van der Waals surface area (Å²) in [6.07, 6.45) is 3.07. The summed E-state index contributed by atoms with van der Waals surface area (Å²) in [7, 11) is 0. The van der Waals surface area contributed by atoms with Crippen molar-refractivity contribution in [2.75, 3.05) is 5.32 Å². The third kappa shape index (κ3) is 4.94. The van der Waals surface area contributed by atoms with Crippen LogP contribution in [0.15, 0.2) is 73.2 Å². The Hall–Kier alpha value is -4.51. The number of ketones is 1. The number of fused-ring (bicyclic) bond motifs is 1. The van der Waals surface area contributed by atoms with Gasteiger partial charge in [-0.05, 0) is 61.0 Å². The largest absolute Gasteiger partial charge is 0.416 e. The molecule has 0 aliphatic heterocycles. The number of anilines is 2. The number of alkyl halides is 3. The summed E-state index contributed by atoms with van der Waals surface area (Å²) in [6, 6.07) is 14.0. The topological polar surface area (TPSA) is 78.7 Å². The molecule has 4 aromatic rings. The average Bonchev–Trinajstić information content (AvgIpc) is 2.83. The summed E-state index contributed by atoms with van der Waals surface area (Å²) >= 11 is 0. The number of rotatable bonds is 5. The minimum atomic E-state index is -4.48. The maximum Gasteiger partial charge on any atom is 0.416 e. The molecule has 0 spiro atoms. The molecule has 168 valence electrons. The van der Waals surface area contributed by atoms with Crippen LogP contribution >= 0.6 is 0 Å². The quantitative estimate of drug-likeness (QED) is 0.344. The first-order valence-corrected chi connectivity index (χ1v) is 10.2. The summed E-state index contributed by atoms with van der Waals surface area (Å²) in [5, 5.41) is 12.9. The van der Waals surface area contributed by atoms with Gasteiger partial charge >= 0.3 is 6.18 Å². The van der Waals surface area contributed by atoms with Crippen molar-refractivity contribution in [3.05, 3.63) is 89.9 Å². The summed E-state index contributed by atoms with van der Waals surface area (Å²) < 4.78 is 39.7. The summed E-state index contributed by atoms with van der Waals surface area (Å²) in [5.74, 6) is -0.182. The number of aromatic nitrogens is 2. The lowest BCUT2D eigenvalue weighted by Crippen LogP contribution is -2.05. The molecule has 8 heteroatoms. The molecular weight excluding hydrogens is 441 g/mol. The molecule has 2 aromatic heterocycles. The third-order valence-electron chi connectivity index (χ3n) is 5.05. The van der Waals surface area contributed by atoms with E-state index in [1.807, 2.05) is 12.1 Å². The molecule has 2 heterocycles. The van der Waals surface area contributed by atoms with Crippen LogP contribution in [0.3, 0.4) is 0 Å². The molecule has 0 aliphatic carbocycles. The van der Waals surface area contributed by atoms with Gasteiger partial charge in [0.15, 0.2) is 5.78 Å². The summed E-state index contributed by atoms with van der Waals surface area (Å²) in [6.45, 7) is 1.40. The van der Waals surface area contributed by atoms with Gasteiger partial charge in [0.25, 0.3) is 0 Å². The molecule has 5 nitrogen and oxygen atoms in total. The van der Waals surface area contributed by atoms with E-state index in [0.29, 0.717) is 33.3 Å². The van der Waals surface area contributed by atoms with Crippen LogP contribution in [0.25, 0.3) is 28.1 Å². The highest BCUT2D eigenvalue weighted by molar-refractivity contribution is 6.01. The molecule has 4 rings (SSSR count). The van der Waals surface area contributed by atoms with Crippen LogP contribution in [0, 0.1) is 11.3 Å². The number of allylic oxidation sites excluding steroid dienone is 1. The Morgan fingerprint density at radius 3 is 2.62 bits per heavy atom. The monoisotopic (exact) mass is 458 g/mol. The number of benzene rings is 2. The highest BCUT2D eigenvalue weighted by Crippen LogP contribution is 2.35. The lowest BCUT2D eigenvalue weighted by Gasteiger charge is -2.15. The molecule has 0 radical (unpaired) electrons. The van der Waals surface area contributed by atoms with Crippen molar-refractivity contribution >= 4 is 34.1 Å². The van der Waals surface area contributed by atoms with Gasteiger partial charge in [-0.2, -0.15) is 18.4 Å². The van der Waals surface area contributed by atoms with Gasteiger partial charge < -0.3 is 5.32 Å². The Bertz CT molecular complexity index is 1470. The minimum absolute atomic E-state index is 0.182. The number of hydrogen-bond donors (Lipinski definition) is 1. The van der Waals surface area contributed by atoms with Gasteiger partial charge in [-0.15, -0.1) is 0 Å². The van der Waals surface area contributed by atoms with Crippen molar-refractivity contribution < 1.29 is 18.0 Å². The summed E-state index contributed by atoms with van der Waals surface area (Å²) in [4.78, 5) is 20.0. The number of nitriles is 1. The number of carbonyl (C=O) groups is 1. The number of pyridine rings is 2. The first kappa shape index (κ1) is 22.7. The second-order valence-corrected chi connectivity index (χ2v) is 7.54. The van der Waals surface area contributed by atoms with E-state index >= 15 is 0 Å². The third-order valence-corrected chi connectivity index (χ3v) is 5.05. The van der Waals surface area contributed by atoms with Gasteiger partial charge in [0, 0.05) is 40.8 Å². The van der Waals surface area contributed by atoms with E-state index in [4.69, 9.17) is 0 Å². The molecule has 2 aromatic carbocycles. The van der Waals surface area contributed by atoms with Gasteiger partial charge in [0.1, 0.15) is 6.07 Å². The SMILES string of the molecule is CC(=O)/C=C/c1cnc2ccc(-c3cncc(C#N)c3)cc2c1Nc1cccc(C(F)(F)F)c1. The van der Waals surface area contributed by atoms with Crippen molar-refractivity contribution in [1.29, 1.82) is 5.26 Å². The van der Waals surface area contributed by atoms with Crippen LogP contribution in [0.1, 0.15) is 23.6 Å². The molecule has 0 amide bonds. The van der Waals surface area contributed by atoms with Crippen LogP contribution in [0.4, 0.5) is 24.5 Å². The predicted molar refractivity (Wildman–Crippen MR) is 124 cm³/mol. The Morgan fingerprint density at radius 1 is 1.06 bits per heavy atom. The first-order chi connectivity index (χ1) is 16.2. The maximum atomic E-state index is 13.2. The lowest BCUT2D eigenvalue weighted by atomic mass is 10.0. The van der Waals surface area contributed by atoms with E-state index in [0.717, 1.165) is 17.7 Å². The predicted octanol–water partition coefficient (Wildman–Crippen LogP) is 6.53. The molecule has 0 bridgehead atoms. The Kier molecular flexibility index (Phi) is 6.11. The van der Waals surface area contributed by atoms with Crippen LogP contribution in [-0.2, 0) is 11.0 Å². The van der Waals surface area contributed by atoms with Crippen molar-refractivity contribution in [1.82, 2.24) is 9.97 Å². The van der Waals surface area contributed by atoms with E-state index in [2.05, 4.69) is 21.4 Å². The summed E-state index contributed by atoms with van der Waals surface area (Å²) in [5.41, 5.74) is 2.93. The van der Waals surface area contributed by atoms with Crippen LogP contribution in [-0.4, -0.2) is 15.8 Å². The van der Waals surface area contributed by atoms with Gasteiger partial charge in [0.2, 0.25) is 0 Å². The van der Waals surface area contributed by atoms with Gasteiger partial charge in [-0.25, -0.2) is 0 Å². The first-order valence-electron chi connectivity index (χ1n) is 10.2. The number of halogens is 3. The maximum absolute atomic E-state index is 13.2. The van der Waals surface area contributed by atoms with Crippen LogP contribution in [0.2, 0.25) is 0 Å². The van der Waals surface area contributed by atoms with Gasteiger partial charge in [-0.1, -0.05) is 12.1 Å². The average molecular weight is 458 g/mol. The highest BCUT2D eigenvalue weighted by atomic mass is 19.4. The van der Waals surface area contributed by atoms with Crippen LogP contribution in [0.5, 0.6) is 0 Å². The van der Waals surface area contributed by atoms with E-state index in [1.54, 1.807) is 30.6 Å². The van der Waals surface area contributed by atoms with E-state index in [1.165, 1.54) is 31.3 Å². The Labute approximate surface area is 193 Å². The Balaban J connectivity index is 1.89. The minimum Gasteiger partial charge on any atom is -0.354 e. The Morgan fingerprint density at radius 2 is 1.88 bits per heavy atom. The smallest absolute Gasteiger partial charge is 0.354 e. The van der Waals surface area contributed by atoms with Crippen molar-refractivity contribution in [2.24, 2.45) is 0 Å². The number of nitrogens with one attached hydrogen (secondary N) is 1. The second kappa shape index (κ2) is 9.16. The highest BCUT2D eigenvalue weighted by Gasteiger charge is 2.30.